The van der Waals surface area contributed by atoms with Crippen molar-refractivity contribution in [3.05, 3.63) is 58.4 Å². The number of anilines is 2. The smallest absolute Gasteiger partial charge is 0.329 e. The lowest BCUT2D eigenvalue weighted by Crippen LogP contribution is -2.29. The van der Waals surface area contributed by atoms with Crippen LogP contribution in [0.15, 0.2) is 42.7 Å². The van der Waals surface area contributed by atoms with Gasteiger partial charge in [0.05, 0.1) is 10.4 Å². The van der Waals surface area contributed by atoms with Crippen molar-refractivity contribution in [2.24, 2.45) is 11.7 Å². The van der Waals surface area contributed by atoms with Gasteiger partial charge in [0.1, 0.15) is 6.20 Å². The van der Waals surface area contributed by atoms with Gasteiger partial charge in [-0.1, -0.05) is 18.2 Å². The number of hydrogen-bond donors (Lipinski definition) is 3. The molecule has 0 atom stereocenters. The summed E-state index contributed by atoms with van der Waals surface area (Å²) in [6, 6.07) is 10.1. The number of aromatic nitrogens is 3. The Morgan fingerprint density at radius 2 is 1.93 bits per heavy atom. The minimum Gasteiger partial charge on any atom is -0.364 e. The Hall–Kier alpha value is -3.33. The van der Waals surface area contributed by atoms with Crippen LogP contribution in [0.1, 0.15) is 31.2 Å². The zero-order valence-electron chi connectivity index (χ0n) is 16.6. The fourth-order valence-electron chi connectivity index (χ4n) is 3.85. The van der Waals surface area contributed by atoms with E-state index in [1.807, 2.05) is 30.3 Å². The molecule has 9 nitrogen and oxygen atoms in total. The summed E-state index contributed by atoms with van der Waals surface area (Å²) in [5, 5.41) is 18.8. The standard InChI is InChI=1S/C21H25N7O2/c22-16-8-6-14(7-9-16)11-24-20-19(28(29)30)13-26-21(27-20)25-12-15-3-1-5-18-17(15)4-2-10-23-18/h1-5,10,13-14,16H,6-9,11-12,22H2,(H2,24,25,26,27)/t14-,16-. The first-order chi connectivity index (χ1) is 14.6. The van der Waals surface area contributed by atoms with Gasteiger partial charge in [0, 0.05) is 30.7 Å². The molecule has 156 valence electrons. The predicted molar refractivity (Wildman–Crippen MR) is 116 cm³/mol. The van der Waals surface area contributed by atoms with Crippen LogP contribution >= 0.6 is 0 Å². The Balaban J connectivity index is 1.47. The normalized spacial score (nSPS) is 18.8. The first kappa shape index (κ1) is 20.0. The molecule has 30 heavy (non-hydrogen) atoms. The second-order valence-corrected chi connectivity index (χ2v) is 7.69. The quantitative estimate of drug-likeness (QED) is 0.401. The molecule has 3 aromatic rings. The highest BCUT2D eigenvalue weighted by Crippen LogP contribution is 2.27. The van der Waals surface area contributed by atoms with Crippen LogP contribution in [0.3, 0.4) is 0 Å². The summed E-state index contributed by atoms with van der Waals surface area (Å²) in [4.78, 5) is 23.8. The van der Waals surface area contributed by atoms with Gasteiger partial charge in [-0.2, -0.15) is 4.98 Å². The van der Waals surface area contributed by atoms with E-state index in [4.69, 9.17) is 5.73 Å². The fourth-order valence-corrected chi connectivity index (χ4v) is 3.85. The number of nitrogens with zero attached hydrogens (tertiary/aromatic N) is 4. The van der Waals surface area contributed by atoms with E-state index in [0.717, 1.165) is 42.1 Å². The molecule has 0 spiro atoms. The van der Waals surface area contributed by atoms with Crippen LogP contribution in [0, 0.1) is 16.0 Å². The molecule has 0 radical (unpaired) electrons. The van der Waals surface area contributed by atoms with E-state index in [1.54, 1.807) is 6.20 Å². The van der Waals surface area contributed by atoms with E-state index in [9.17, 15) is 10.1 Å². The van der Waals surface area contributed by atoms with E-state index >= 15 is 0 Å². The molecule has 1 fully saturated rings. The van der Waals surface area contributed by atoms with Crippen LogP contribution in [0.2, 0.25) is 0 Å². The maximum atomic E-state index is 11.4. The monoisotopic (exact) mass is 407 g/mol. The summed E-state index contributed by atoms with van der Waals surface area (Å²) in [5.74, 6) is 1.03. The number of pyridine rings is 1. The zero-order chi connectivity index (χ0) is 20.9. The van der Waals surface area contributed by atoms with Crippen molar-refractivity contribution in [1.82, 2.24) is 15.0 Å². The van der Waals surface area contributed by atoms with E-state index in [2.05, 4.69) is 25.6 Å². The molecule has 1 aliphatic carbocycles. The highest BCUT2D eigenvalue weighted by atomic mass is 16.6. The molecule has 2 heterocycles. The van der Waals surface area contributed by atoms with Gasteiger partial charge >= 0.3 is 5.69 Å². The van der Waals surface area contributed by atoms with Crippen molar-refractivity contribution < 1.29 is 4.92 Å². The number of rotatable bonds is 7. The number of nitrogens with one attached hydrogen (secondary N) is 2. The first-order valence-electron chi connectivity index (χ1n) is 10.2. The lowest BCUT2D eigenvalue weighted by Gasteiger charge is -2.26. The van der Waals surface area contributed by atoms with Crippen LogP contribution in [0.25, 0.3) is 10.9 Å². The Morgan fingerprint density at radius 3 is 2.73 bits per heavy atom. The average molecular weight is 407 g/mol. The van der Waals surface area contributed by atoms with Crippen molar-refractivity contribution in [3.8, 4) is 0 Å². The van der Waals surface area contributed by atoms with Crippen LogP contribution in [0.4, 0.5) is 17.5 Å². The maximum absolute atomic E-state index is 11.4. The molecule has 4 rings (SSSR count). The number of nitrogens with two attached hydrogens (primary N) is 1. The Morgan fingerprint density at radius 1 is 1.10 bits per heavy atom. The molecule has 4 N–H and O–H groups in total. The molecule has 0 aliphatic heterocycles. The molecule has 1 aliphatic rings. The van der Waals surface area contributed by atoms with E-state index in [0.29, 0.717) is 25.0 Å². The van der Waals surface area contributed by atoms with Crippen molar-refractivity contribution >= 4 is 28.4 Å². The second-order valence-electron chi connectivity index (χ2n) is 7.69. The number of hydrogen-bond acceptors (Lipinski definition) is 8. The van der Waals surface area contributed by atoms with E-state index < -0.39 is 4.92 Å². The summed E-state index contributed by atoms with van der Waals surface area (Å²) in [6.07, 6.45) is 7.03. The van der Waals surface area contributed by atoms with Crippen LogP contribution in [-0.2, 0) is 6.54 Å². The minimum absolute atomic E-state index is 0.123. The van der Waals surface area contributed by atoms with Gasteiger partial charge in [-0.15, -0.1) is 0 Å². The van der Waals surface area contributed by atoms with Crippen molar-refractivity contribution in [3.63, 3.8) is 0 Å². The molecule has 9 heteroatoms. The SMILES string of the molecule is N[C@H]1CC[C@H](CNc2nc(NCc3cccc4ncccc34)ncc2[N+](=O)[O-])CC1. The van der Waals surface area contributed by atoms with Crippen LogP contribution < -0.4 is 16.4 Å². The minimum atomic E-state index is -0.459. The Labute approximate surface area is 174 Å². The molecule has 0 bridgehead atoms. The third-order valence-corrected chi connectivity index (χ3v) is 5.59. The lowest BCUT2D eigenvalue weighted by molar-refractivity contribution is -0.384. The number of fused-ring (bicyclic) bond motifs is 1. The summed E-state index contributed by atoms with van der Waals surface area (Å²) >= 11 is 0. The molecule has 0 saturated heterocycles. The van der Waals surface area contributed by atoms with Crippen LogP contribution in [0.5, 0.6) is 0 Å². The molecular formula is C21H25N7O2. The summed E-state index contributed by atoms with van der Waals surface area (Å²) in [7, 11) is 0. The van der Waals surface area contributed by atoms with E-state index in [1.165, 1.54) is 6.20 Å². The third-order valence-electron chi connectivity index (χ3n) is 5.59. The van der Waals surface area contributed by atoms with Crippen molar-refractivity contribution in [1.29, 1.82) is 0 Å². The van der Waals surface area contributed by atoms with Gasteiger partial charge in [0.25, 0.3) is 0 Å². The second kappa shape index (κ2) is 9.00. The predicted octanol–water partition coefficient (Wildman–Crippen LogP) is 3.47. The molecule has 1 saturated carbocycles. The molecule has 1 aromatic carbocycles. The molecule has 0 amide bonds. The Bertz CT molecular complexity index is 1030. The zero-order valence-corrected chi connectivity index (χ0v) is 16.6. The number of nitro groups is 1. The highest BCUT2D eigenvalue weighted by molar-refractivity contribution is 5.82. The Kier molecular flexibility index (Phi) is 5.99. The molecular weight excluding hydrogens is 382 g/mol. The van der Waals surface area contributed by atoms with Gasteiger partial charge in [-0.25, -0.2) is 4.98 Å². The summed E-state index contributed by atoms with van der Waals surface area (Å²) in [5.41, 5.74) is 7.80. The highest BCUT2D eigenvalue weighted by Gasteiger charge is 2.21. The largest absolute Gasteiger partial charge is 0.364 e. The summed E-state index contributed by atoms with van der Waals surface area (Å²) < 4.78 is 0. The van der Waals surface area contributed by atoms with E-state index in [-0.39, 0.29) is 17.5 Å². The number of benzene rings is 1. The third kappa shape index (κ3) is 4.62. The van der Waals surface area contributed by atoms with Gasteiger partial charge in [0.2, 0.25) is 11.8 Å². The van der Waals surface area contributed by atoms with Crippen molar-refractivity contribution in [2.75, 3.05) is 17.2 Å². The van der Waals surface area contributed by atoms with Gasteiger partial charge in [0.15, 0.2) is 0 Å². The maximum Gasteiger partial charge on any atom is 0.329 e. The van der Waals surface area contributed by atoms with Crippen molar-refractivity contribution in [2.45, 2.75) is 38.3 Å². The van der Waals surface area contributed by atoms with Crippen LogP contribution in [-0.4, -0.2) is 32.5 Å². The summed E-state index contributed by atoms with van der Waals surface area (Å²) in [6.45, 7) is 1.12. The fraction of sp³-hybridized carbons (Fsp3) is 0.381. The van der Waals surface area contributed by atoms with Gasteiger partial charge in [-0.3, -0.25) is 15.1 Å². The topological polar surface area (TPSA) is 132 Å². The van der Waals surface area contributed by atoms with Gasteiger partial charge in [-0.05, 0) is 49.3 Å². The first-order valence-corrected chi connectivity index (χ1v) is 10.2. The molecule has 0 unspecified atom stereocenters. The van der Waals surface area contributed by atoms with Gasteiger partial charge < -0.3 is 16.4 Å². The molecule has 2 aromatic heterocycles. The average Bonchev–Trinajstić information content (AvgIpc) is 2.77. The lowest BCUT2D eigenvalue weighted by atomic mass is 9.86.